The van der Waals surface area contributed by atoms with Crippen LogP contribution in [0.4, 0.5) is 0 Å². The average molecular weight is 326 g/mol. The molecule has 0 saturated carbocycles. The summed E-state index contributed by atoms with van der Waals surface area (Å²) in [5.74, 6) is 0. The second-order valence-corrected chi connectivity index (χ2v) is 3.52. The Morgan fingerprint density at radius 2 is 0.833 bits per heavy atom. The number of hydrogen-bond donors (Lipinski definition) is 0. The van der Waals surface area contributed by atoms with Crippen LogP contribution in [0, 0.1) is 0 Å². The topological polar surface area (TPSA) is 6.48 Å². The summed E-state index contributed by atoms with van der Waals surface area (Å²) in [6.45, 7) is 5.37. The molecule has 12 heavy (non-hydrogen) atoms. The first-order valence-corrected chi connectivity index (χ1v) is 4.24. The van der Waals surface area contributed by atoms with E-state index in [9.17, 15) is 0 Å². The minimum Gasteiger partial charge on any atom is -0.731 e. The molecule has 0 N–H and O–H groups in total. The quantitative estimate of drug-likeness (QED) is 0.534. The Morgan fingerprint density at radius 3 is 0.833 bits per heavy atom. The molecule has 0 rings (SSSR count). The van der Waals surface area contributed by atoms with Crippen LogP contribution in [0.5, 0.6) is 0 Å². The molecule has 0 aromatic carbocycles. The van der Waals surface area contributed by atoms with Crippen molar-refractivity contribution in [1.29, 1.82) is 0 Å². The molecule has 0 aliphatic heterocycles. The molecule has 0 aromatic heterocycles. The van der Waals surface area contributed by atoms with Crippen molar-refractivity contribution in [2.45, 2.75) is 13.8 Å². The zero-order valence-electron chi connectivity index (χ0n) is 6.65. The van der Waals surface area contributed by atoms with Gasteiger partial charge in [-0.3, -0.25) is 0 Å². The number of rotatable bonds is 2. The molecule has 0 aromatic rings. The minimum absolute atomic E-state index is 0. The standard InChI is InChI=1S/2C2H5NS2.2Fe/c2*1-2-3(4)5;;/h2*2H2,1H3;;/q2*-2;2*+2. The van der Waals surface area contributed by atoms with Gasteiger partial charge in [-0.05, 0) is 13.1 Å². The van der Waals surface area contributed by atoms with Gasteiger partial charge in [0.05, 0.1) is 0 Å². The number of hydrogen-bond acceptors (Lipinski definition) is 6. The van der Waals surface area contributed by atoms with Gasteiger partial charge in [-0.2, -0.15) is 0 Å². The van der Waals surface area contributed by atoms with Crippen molar-refractivity contribution in [2.24, 2.45) is 0 Å². The summed E-state index contributed by atoms with van der Waals surface area (Å²) in [5.41, 5.74) is 0. The van der Waals surface area contributed by atoms with Gasteiger partial charge in [0.2, 0.25) is 0 Å². The van der Waals surface area contributed by atoms with Gasteiger partial charge in [0, 0.05) is 0 Å². The molecule has 0 unspecified atom stereocenters. The van der Waals surface area contributed by atoms with Crippen LogP contribution >= 0.6 is 0 Å². The molecule has 0 atom stereocenters. The molecule has 0 aliphatic rings. The smallest absolute Gasteiger partial charge is 0.731 e. The largest absolute Gasteiger partial charge is 2.00 e. The maximum atomic E-state index is 4.43. The van der Waals surface area contributed by atoms with Crippen molar-refractivity contribution in [2.75, 3.05) is 13.1 Å². The van der Waals surface area contributed by atoms with Crippen LogP contribution in [0.15, 0.2) is 0 Å². The molecule has 0 heterocycles. The van der Waals surface area contributed by atoms with Crippen LogP contribution in [0.1, 0.15) is 13.8 Å². The summed E-state index contributed by atoms with van der Waals surface area (Å²) in [6, 6.07) is 0. The fraction of sp³-hybridized carbons (Fsp3) is 1.00. The van der Waals surface area contributed by atoms with Gasteiger partial charge >= 0.3 is 34.1 Å². The molecule has 0 fully saturated rings. The van der Waals surface area contributed by atoms with E-state index < -0.39 is 0 Å². The van der Waals surface area contributed by atoms with E-state index in [0.717, 1.165) is 13.1 Å². The molecular weight excluding hydrogens is 316 g/mol. The van der Waals surface area contributed by atoms with Crippen LogP contribution in [-0.2, 0) is 85.4 Å². The van der Waals surface area contributed by atoms with Crippen molar-refractivity contribution in [3.05, 3.63) is 0 Å². The molecular formula is C4H10Fe2N2S4. The van der Waals surface area contributed by atoms with Crippen LogP contribution in [0.25, 0.3) is 0 Å². The maximum Gasteiger partial charge on any atom is 2.00 e. The summed E-state index contributed by atoms with van der Waals surface area (Å²) in [4.78, 5) is 0. The van der Waals surface area contributed by atoms with Gasteiger partial charge in [0.25, 0.3) is 0 Å². The van der Waals surface area contributed by atoms with E-state index in [1.807, 2.05) is 13.8 Å². The van der Waals surface area contributed by atoms with Gasteiger partial charge in [-0.15, -0.1) is 0 Å². The predicted molar refractivity (Wildman–Crippen MR) is 54.2 cm³/mol. The zero-order valence-corrected chi connectivity index (χ0v) is 12.1. The third-order valence-electron chi connectivity index (χ3n) is 0.516. The van der Waals surface area contributed by atoms with Crippen molar-refractivity contribution in [3.8, 4) is 0 Å². The van der Waals surface area contributed by atoms with Gasteiger partial charge in [0.15, 0.2) is 0 Å². The SMILES string of the molecule is CCN([S-])[S-].CCN([S-])[S-].[Fe+2].[Fe+2]. The van der Waals surface area contributed by atoms with Gasteiger partial charge in [-0.1, -0.05) is 13.8 Å². The fourth-order valence-corrected chi connectivity index (χ4v) is 0. The van der Waals surface area contributed by atoms with Crippen LogP contribution in [0.2, 0.25) is 0 Å². The second kappa shape index (κ2) is 19.0. The van der Waals surface area contributed by atoms with Crippen molar-refractivity contribution in [3.63, 3.8) is 0 Å². The minimum atomic E-state index is 0. The Balaban J connectivity index is -0.0000000457. The van der Waals surface area contributed by atoms with Crippen molar-refractivity contribution < 1.29 is 34.1 Å². The first-order valence-electron chi connectivity index (χ1n) is 2.78. The third-order valence-corrected chi connectivity index (χ3v) is 1.55. The van der Waals surface area contributed by atoms with E-state index in [-0.39, 0.29) is 34.1 Å². The third kappa shape index (κ3) is 39.4. The van der Waals surface area contributed by atoms with E-state index in [1.165, 1.54) is 7.42 Å². The monoisotopic (exact) mass is 326 g/mol. The van der Waals surface area contributed by atoms with Crippen LogP contribution in [-0.4, -0.2) is 20.5 Å². The summed E-state index contributed by atoms with van der Waals surface area (Å²) in [6.07, 6.45) is 0. The van der Waals surface area contributed by atoms with Gasteiger partial charge < -0.3 is 58.7 Å². The van der Waals surface area contributed by atoms with Gasteiger partial charge in [0.1, 0.15) is 0 Å². The Kier molecular flexibility index (Phi) is 37.8. The first kappa shape index (κ1) is 23.9. The number of nitrogens with zero attached hydrogens (tertiary/aromatic N) is 2. The first-order chi connectivity index (χ1) is 4.54. The van der Waals surface area contributed by atoms with Crippen molar-refractivity contribution >= 4 is 51.3 Å². The summed E-state index contributed by atoms with van der Waals surface area (Å²) in [7, 11) is 0. The summed E-state index contributed by atoms with van der Waals surface area (Å²) in [5, 5.41) is 0. The summed E-state index contributed by atoms with van der Waals surface area (Å²) >= 11 is 17.7. The Hall–Kier alpha value is 2.36. The van der Waals surface area contributed by atoms with E-state index in [0.29, 0.717) is 0 Å². The Bertz CT molecular complexity index is 59.0. The Morgan fingerprint density at radius 1 is 0.750 bits per heavy atom. The molecule has 0 amide bonds. The van der Waals surface area contributed by atoms with E-state index >= 15 is 0 Å². The molecule has 0 spiro atoms. The maximum absolute atomic E-state index is 4.43. The van der Waals surface area contributed by atoms with Crippen LogP contribution < -0.4 is 0 Å². The molecule has 8 heteroatoms. The Labute approximate surface area is 119 Å². The molecule has 0 radical (unpaired) electrons. The van der Waals surface area contributed by atoms with Crippen molar-refractivity contribution in [1.82, 2.24) is 7.42 Å². The molecule has 0 bridgehead atoms. The molecule has 0 saturated heterocycles. The molecule has 0 aliphatic carbocycles. The average Bonchev–Trinajstić information content (AvgIpc) is 1.89. The zero-order chi connectivity index (χ0) is 8.57. The summed E-state index contributed by atoms with van der Waals surface area (Å²) < 4.78 is 2.58. The van der Waals surface area contributed by atoms with Gasteiger partial charge in [-0.25, -0.2) is 0 Å². The van der Waals surface area contributed by atoms with E-state index in [4.69, 9.17) is 0 Å². The molecule has 76 valence electrons. The van der Waals surface area contributed by atoms with Crippen LogP contribution in [0.3, 0.4) is 0 Å². The predicted octanol–water partition coefficient (Wildman–Crippen LogP) is 0.459. The fourth-order valence-electron chi connectivity index (χ4n) is 0. The molecule has 2 nitrogen and oxygen atoms in total. The van der Waals surface area contributed by atoms with E-state index in [1.54, 1.807) is 0 Å². The van der Waals surface area contributed by atoms with E-state index in [2.05, 4.69) is 51.3 Å². The second-order valence-electron chi connectivity index (χ2n) is 1.30. The normalized spacial score (nSPS) is 8.00.